The van der Waals surface area contributed by atoms with Crippen LogP contribution in [0.4, 0.5) is 18.9 Å². The molecular weight excluding hydrogens is 547 g/mol. The molecular formula is C28H27ClF3N5O3. The molecule has 1 aromatic heterocycles. The number of halogens is 4. The molecule has 1 aliphatic heterocycles. The van der Waals surface area contributed by atoms with Gasteiger partial charge in [-0.3, -0.25) is 19.7 Å². The number of hydrogen-bond donors (Lipinski definition) is 2. The molecule has 3 aromatic rings. The number of alkyl halides is 3. The number of pyridine rings is 1. The Morgan fingerprint density at radius 2 is 1.93 bits per heavy atom. The van der Waals surface area contributed by atoms with Crippen molar-refractivity contribution in [1.82, 2.24) is 9.88 Å². The molecule has 12 heteroatoms. The summed E-state index contributed by atoms with van der Waals surface area (Å²) in [6.45, 7) is 4.52. The van der Waals surface area contributed by atoms with Gasteiger partial charge in [-0.1, -0.05) is 23.7 Å². The third-order valence-electron chi connectivity index (χ3n) is 5.86. The van der Waals surface area contributed by atoms with Gasteiger partial charge in [0.05, 0.1) is 30.3 Å². The minimum absolute atomic E-state index is 0.0270. The Balaban J connectivity index is 1.35. The summed E-state index contributed by atoms with van der Waals surface area (Å²) in [4.78, 5) is 23.3. The van der Waals surface area contributed by atoms with Gasteiger partial charge in [0.25, 0.3) is 0 Å². The molecule has 8 nitrogen and oxygen atoms in total. The number of nitrogens with one attached hydrogen (secondary N) is 1. The predicted octanol–water partition coefficient (Wildman–Crippen LogP) is 5.24. The van der Waals surface area contributed by atoms with Crippen LogP contribution in [0.1, 0.15) is 16.8 Å². The summed E-state index contributed by atoms with van der Waals surface area (Å²) in [5.41, 5.74) is 6.21. The summed E-state index contributed by atoms with van der Waals surface area (Å²) in [5.74, 6) is 0.696. The van der Waals surface area contributed by atoms with E-state index in [-0.39, 0.29) is 5.69 Å². The van der Waals surface area contributed by atoms with Crippen molar-refractivity contribution in [3.63, 3.8) is 0 Å². The number of aliphatic imine (C=N–C) groups is 1. The number of amides is 1. The highest BCUT2D eigenvalue weighted by molar-refractivity contribution is 6.31. The maximum absolute atomic E-state index is 13.1. The first kappa shape index (κ1) is 29.1. The zero-order chi connectivity index (χ0) is 28.5. The summed E-state index contributed by atoms with van der Waals surface area (Å²) < 4.78 is 50.5. The zero-order valence-electron chi connectivity index (χ0n) is 21.3. The Labute approximate surface area is 234 Å². The first-order chi connectivity index (χ1) is 19.2. The van der Waals surface area contributed by atoms with E-state index in [0.717, 1.165) is 45.0 Å². The quantitative estimate of drug-likeness (QED) is 0.206. The van der Waals surface area contributed by atoms with Gasteiger partial charge in [0.15, 0.2) is 0 Å². The first-order valence-corrected chi connectivity index (χ1v) is 12.8. The Hall–Kier alpha value is -3.93. The van der Waals surface area contributed by atoms with Gasteiger partial charge in [-0.15, -0.1) is 0 Å². The van der Waals surface area contributed by atoms with Gasteiger partial charge in [0, 0.05) is 43.7 Å². The molecule has 1 saturated heterocycles. The van der Waals surface area contributed by atoms with E-state index in [2.05, 4.69) is 20.2 Å². The van der Waals surface area contributed by atoms with Crippen LogP contribution >= 0.6 is 11.6 Å². The van der Waals surface area contributed by atoms with Crippen molar-refractivity contribution in [2.45, 2.75) is 6.18 Å². The lowest BCUT2D eigenvalue weighted by Gasteiger charge is -2.25. The minimum Gasteiger partial charge on any atom is -0.457 e. The topological polar surface area (TPSA) is 102 Å². The van der Waals surface area contributed by atoms with Crippen molar-refractivity contribution >= 4 is 35.1 Å². The van der Waals surface area contributed by atoms with Crippen LogP contribution < -0.4 is 15.8 Å². The van der Waals surface area contributed by atoms with Crippen LogP contribution in [0.3, 0.4) is 0 Å². The van der Waals surface area contributed by atoms with Gasteiger partial charge >= 0.3 is 6.18 Å². The second-order valence-electron chi connectivity index (χ2n) is 8.79. The average molecular weight is 574 g/mol. The fourth-order valence-electron chi connectivity index (χ4n) is 3.83. The largest absolute Gasteiger partial charge is 0.457 e. The molecule has 2 heterocycles. The third kappa shape index (κ3) is 8.54. The van der Waals surface area contributed by atoms with Crippen LogP contribution in [-0.4, -0.2) is 61.0 Å². The third-order valence-corrected chi connectivity index (χ3v) is 6.19. The minimum atomic E-state index is -4.63. The molecule has 3 N–H and O–H groups in total. The Morgan fingerprint density at radius 3 is 2.70 bits per heavy atom. The van der Waals surface area contributed by atoms with Crippen LogP contribution in [0, 0.1) is 0 Å². The van der Waals surface area contributed by atoms with Gasteiger partial charge < -0.3 is 20.5 Å². The van der Waals surface area contributed by atoms with Crippen molar-refractivity contribution < 1.29 is 27.4 Å². The number of morpholine rings is 1. The molecule has 4 rings (SSSR count). The van der Waals surface area contributed by atoms with Crippen LogP contribution in [0.25, 0.3) is 6.08 Å². The van der Waals surface area contributed by atoms with Gasteiger partial charge in [0.2, 0.25) is 5.91 Å². The molecule has 1 fully saturated rings. The number of aromatic nitrogens is 1. The van der Waals surface area contributed by atoms with E-state index < -0.39 is 22.7 Å². The molecule has 0 atom stereocenters. The summed E-state index contributed by atoms with van der Waals surface area (Å²) >= 11 is 5.62. The lowest BCUT2D eigenvalue weighted by Crippen LogP contribution is -2.38. The highest BCUT2D eigenvalue weighted by Crippen LogP contribution is 2.36. The summed E-state index contributed by atoms with van der Waals surface area (Å²) in [7, 11) is 0. The molecule has 0 spiro atoms. The van der Waals surface area contributed by atoms with Crippen molar-refractivity contribution in [3.8, 4) is 11.5 Å². The van der Waals surface area contributed by atoms with Crippen LogP contribution in [0.2, 0.25) is 5.02 Å². The van der Waals surface area contributed by atoms with Crippen LogP contribution in [0.15, 0.2) is 71.9 Å². The fraction of sp³-hybridized carbons (Fsp3) is 0.250. The lowest BCUT2D eigenvalue weighted by molar-refractivity contribution is -0.137. The van der Waals surface area contributed by atoms with Crippen molar-refractivity contribution in [2.75, 3.05) is 44.7 Å². The lowest BCUT2D eigenvalue weighted by atomic mass is 10.2. The maximum Gasteiger partial charge on any atom is 0.417 e. The Kier molecular flexibility index (Phi) is 9.75. The summed E-state index contributed by atoms with van der Waals surface area (Å²) in [5, 5.41) is 1.96. The van der Waals surface area contributed by atoms with E-state index in [1.165, 1.54) is 18.2 Å². The van der Waals surface area contributed by atoms with Crippen LogP contribution in [0.5, 0.6) is 11.5 Å². The maximum atomic E-state index is 13.1. The number of nitrogens with two attached hydrogens (primary N) is 1. The highest BCUT2D eigenvalue weighted by atomic mass is 35.5. The van der Waals surface area contributed by atoms with Gasteiger partial charge in [-0.2, -0.15) is 13.2 Å². The number of carbonyl (C=O) groups is 1. The second-order valence-corrected chi connectivity index (χ2v) is 9.19. The number of benzene rings is 2. The smallest absolute Gasteiger partial charge is 0.417 e. The molecule has 2 aromatic carbocycles. The van der Waals surface area contributed by atoms with Gasteiger partial charge in [-0.05, 0) is 48.0 Å². The number of nitrogens with zero attached hydrogens (tertiary/aromatic N) is 3. The van der Waals surface area contributed by atoms with E-state index in [4.69, 9.17) is 26.8 Å². The standard InChI is InChI=1S/C28H27ClF3N5O3/c29-24-6-5-20(17-23(24)28(30,31)32)36-26(38)7-4-19-2-1-3-21(16-19)40-22-8-9-34-25(18-22)27(33)35-10-11-37-12-14-39-15-13-37/h1-9,16-18H,10-15H2,(H2,33,35)(H,36,38)/b7-4+. The second kappa shape index (κ2) is 13.4. The zero-order valence-corrected chi connectivity index (χ0v) is 22.1. The molecule has 0 saturated carbocycles. The fourth-order valence-corrected chi connectivity index (χ4v) is 4.05. The van der Waals surface area contributed by atoms with E-state index in [1.807, 2.05) is 0 Å². The van der Waals surface area contributed by atoms with Gasteiger partial charge in [-0.25, -0.2) is 0 Å². The van der Waals surface area contributed by atoms with Crippen LogP contribution in [-0.2, 0) is 15.7 Å². The monoisotopic (exact) mass is 573 g/mol. The summed E-state index contributed by atoms with van der Waals surface area (Å²) in [6, 6.07) is 13.5. The molecule has 0 radical (unpaired) electrons. The number of amidine groups is 1. The predicted molar refractivity (Wildman–Crippen MR) is 148 cm³/mol. The number of carbonyl (C=O) groups excluding carboxylic acids is 1. The number of rotatable bonds is 9. The summed E-state index contributed by atoms with van der Waals surface area (Å²) in [6.07, 6.45) is -0.339. The number of ether oxygens (including phenoxy) is 2. The van der Waals surface area contributed by atoms with Crippen molar-refractivity contribution in [1.29, 1.82) is 0 Å². The molecule has 210 valence electrons. The SMILES string of the molecule is NC(=NCCN1CCOCC1)c1cc(Oc2cccc(/C=C/C(=O)Nc3ccc(Cl)c(C(F)(F)F)c3)c2)ccn1. The van der Waals surface area contributed by atoms with E-state index in [0.29, 0.717) is 35.1 Å². The van der Waals surface area contributed by atoms with Crippen molar-refractivity contribution in [2.24, 2.45) is 10.7 Å². The van der Waals surface area contributed by atoms with E-state index >= 15 is 0 Å². The molecule has 1 amide bonds. The first-order valence-electron chi connectivity index (χ1n) is 12.4. The Morgan fingerprint density at radius 1 is 1.15 bits per heavy atom. The normalized spacial score (nSPS) is 14.8. The molecule has 0 bridgehead atoms. The molecule has 0 unspecified atom stereocenters. The highest BCUT2D eigenvalue weighted by Gasteiger charge is 2.33. The molecule has 1 aliphatic rings. The number of hydrogen-bond acceptors (Lipinski definition) is 6. The number of anilines is 1. The van der Waals surface area contributed by atoms with Gasteiger partial charge in [0.1, 0.15) is 23.0 Å². The van der Waals surface area contributed by atoms with Crippen molar-refractivity contribution in [3.05, 3.63) is 88.7 Å². The van der Waals surface area contributed by atoms with E-state index in [9.17, 15) is 18.0 Å². The van der Waals surface area contributed by atoms with E-state index in [1.54, 1.807) is 42.6 Å². The Bertz CT molecular complexity index is 1390. The average Bonchev–Trinajstić information content (AvgIpc) is 2.93. The molecule has 0 aliphatic carbocycles. The molecule has 40 heavy (non-hydrogen) atoms.